The molecule has 1 aliphatic carbocycles. The van der Waals surface area contributed by atoms with E-state index < -0.39 is 11.9 Å². The lowest BCUT2D eigenvalue weighted by Gasteiger charge is -2.28. The van der Waals surface area contributed by atoms with Crippen LogP contribution in [-0.4, -0.2) is 29.4 Å². The number of nitrogens with zero attached hydrogens (tertiary/aromatic N) is 1. The summed E-state index contributed by atoms with van der Waals surface area (Å²) in [5.74, 6) is -1.53. The third-order valence-electron chi connectivity index (χ3n) is 5.14. The van der Waals surface area contributed by atoms with Crippen LogP contribution in [0, 0.1) is 11.8 Å². The summed E-state index contributed by atoms with van der Waals surface area (Å²) in [5, 5.41) is 12.1. The Labute approximate surface area is 147 Å². The van der Waals surface area contributed by atoms with Crippen molar-refractivity contribution in [2.45, 2.75) is 44.9 Å². The molecule has 1 saturated carbocycles. The van der Waals surface area contributed by atoms with E-state index in [4.69, 9.17) is 5.11 Å². The van der Waals surface area contributed by atoms with Crippen molar-refractivity contribution in [3.05, 3.63) is 24.3 Å². The molecule has 2 aliphatic rings. The van der Waals surface area contributed by atoms with Crippen molar-refractivity contribution in [1.82, 2.24) is 0 Å². The summed E-state index contributed by atoms with van der Waals surface area (Å²) in [6, 6.07) is 7.32. The molecular formula is C19H24N2O4. The van der Waals surface area contributed by atoms with Gasteiger partial charge in [0.15, 0.2) is 0 Å². The van der Waals surface area contributed by atoms with Gasteiger partial charge >= 0.3 is 5.97 Å². The van der Waals surface area contributed by atoms with E-state index in [1.165, 1.54) is 0 Å². The van der Waals surface area contributed by atoms with Gasteiger partial charge in [0, 0.05) is 30.3 Å². The molecule has 0 aromatic heterocycles. The average molecular weight is 344 g/mol. The van der Waals surface area contributed by atoms with Crippen LogP contribution in [0.4, 0.5) is 11.4 Å². The molecule has 1 saturated heterocycles. The highest BCUT2D eigenvalue weighted by molar-refractivity contribution is 5.96. The summed E-state index contributed by atoms with van der Waals surface area (Å²) < 4.78 is 0. The van der Waals surface area contributed by atoms with Crippen molar-refractivity contribution in [1.29, 1.82) is 0 Å². The molecule has 1 aliphatic heterocycles. The summed E-state index contributed by atoms with van der Waals surface area (Å²) in [5.41, 5.74) is 1.45. The van der Waals surface area contributed by atoms with Crippen molar-refractivity contribution in [3.8, 4) is 0 Å². The number of nitrogens with one attached hydrogen (secondary N) is 1. The normalized spacial score (nSPS) is 24.0. The first kappa shape index (κ1) is 17.5. The van der Waals surface area contributed by atoms with Gasteiger partial charge < -0.3 is 15.3 Å². The maximum absolute atomic E-state index is 12.5. The molecule has 2 fully saturated rings. The molecular weight excluding hydrogens is 320 g/mol. The van der Waals surface area contributed by atoms with Crippen LogP contribution in [0.2, 0.25) is 0 Å². The second kappa shape index (κ2) is 7.68. The molecule has 6 heteroatoms. The first-order valence-corrected chi connectivity index (χ1v) is 8.98. The van der Waals surface area contributed by atoms with E-state index in [0.717, 1.165) is 31.4 Å². The molecule has 0 spiro atoms. The number of piperidine rings is 1. The van der Waals surface area contributed by atoms with Crippen LogP contribution in [0.5, 0.6) is 0 Å². The zero-order chi connectivity index (χ0) is 17.8. The second-order valence-corrected chi connectivity index (χ2v) is 6.94. The third kappa shape index (κ3) is 4.18. The van der Waals surface area contributed by atoms with Crippen LogP contribution >= 0.6 is 0 Å². The molecule has 3 rings (SSSR count). The van der Waals surface area contributed by atoms with E-state index in [1.54, 1.807) is 11.0 Å². The monoisotopic (exact) mass is 344 g/mol. The predicted octanol–water partition coefficient (Wildman–Crippen LogP) is 3.03. The number of amides is 2. The lowest BCUT2D eigenvalue weighted by Crippen LogP contribution is -2.35. The summed E-state index contributed by atoms with van der Waals surface area (Å²) >= 11 is 0. The molecule has 1 aromatic carbocycles. The number of hydrogen-bond donors (Lipinski definition) is 2. The number of benzene rings is 1. The molecule has 1 aromatic rings. The van der Waals surface area contributed by atoms with Crippen LogP contribution < -0.4 is 10.2 Å². The number of hydrogen-bond acceptors (Lipinski definition) is 3. The highest BCUT2D eigenvalue weighted by Crippen LogP contribution is 2.31. The van der Waals surface area contributed by atoms with Crippen molar-refractivity contribution in [2.24, 2.45) is 11.8 Å². The van der Waals surface area contributed by atoms with Crippen LogP contribution in [0.1, 0.15) is 44.9 Å². The second-order valence-electron chi connectivity index (χ2n) is 6.94. The minimum Gasteiger partial charge on any atom is -0.481 e. The molecule has 0 radical (unpaired) electrons. The molecule has 134 valence electrons. The van der Waals surface area contributed by atoms with Gasteiger partial charge in [0.1, 0.15) is 0 Å². The van der Waals surface area contributed by atoms with Crippen molar-refractivity contribution in [2.75, 3.05) is 16.8 Å². The standard InChI is InChI=1S/C19H24N2O4/c22-17-9-1-2-10-21(17)16-8-4-7-15(12-16)20-18(23)13-5-3-6-14(11-13)19(24)25/h4,7-8,12-14H,1-3,5-6,9-11H2,(H,20,23)(H,24,25). The van der Waals surface area contributed by atoms with Gasteiger partial charge in [0.25, 0.3) is 0 Å². The molecule has 2 N–H and O–H groups in total. The highest BCUT2D eigenvalue weighted by atomic mass is 16.4. The number of carboxylic acid groups (broad SMARTS) is 1. The number of carbonyl (C=O) groups is 3. The Kier molecular flexibility index (Phi) is 5.36. The maximum Gasteiger partial charge on any atom is 0.306 e. The zero-order valence-electron chi connectivity index (χ0n) is 14.2. The molecule has 1 heterocycles. The maximum atomic E-state index is 12.5. The van der Waals surface area contributed by atoms with E-state index in [-0.39, 0.29) is 17.7 Å². The van der Waals surface area contributed by atoms with Gasteiger partial charge in [-0.1, -0.05) is 12.5 Å². The quantitative estimate of drug-likeness (QED) is 0.879. The summed E-state index contributed by atoms with van der Waals surface area (Å²) in [6.07, 6.45) is 5.00. The Morgan fingerprint density at radius 1 is 1.12 bits per heavy atom. The van der Waals surface area contributed by atoms with Crippen LogP contribution in [0.15, 0.2) is 24.3 Å². The topological polar surface area (TPSA) is 86.7 Å². The fourth-order valence-corrected chi connectivity index (χ4v) is 3.73. The number of carboxylic acids is 1. The predicted molar refractivity (Wildman–Crippen MR) is 94.4 cm³/mol. The van der Waals surface area contributed by atoms with E-state index in [1.807, 2.05) is 18.2 Å². The Morgan fingerprint density at radius 3 is 2.68 bits per heavy atom. The summed E-state index contributed by atoms with van der Waals surface area (Å²) in [7, 11) is 0. The molecule has 2 amide bonds. The van der Waals surface area contributed by atoms with Crippen molar-refractivity contribution < 1.29 is 19.5 Å². The van der Waals surface area contributed by atoms with E-state index in [2.05, 4.69) is 5.32 Å². The molecule has 2 atom stereocenters. The van der Waals surface area contributed by atoms with Gasteiger partial charge in [-0.25, -0.2) is 0 Å². The number of aliphatic carboxylic acids is 1. The minimum atomic E-state index is -0.817. The van der Waals surface area contributed by atoms with E-state index in [9.17, 15) is 14.4 Å². The van der Waals surface area contributed by atoms with Crippen molar-refractivity contribution in [3.63, 3.8) is 0 Å². The first-order chi connectivity index (χ1) is 12.0. The fourth-order valence-electron chi connectivity index (χ4n) is 3.73. The molecule has 6 nitrogen and oxygen atoms in total. The Morgan fingerprint density at radius 2 is 1.92 bits per heavy atom. The summed E-state index contributed by atoms with van der Waals surface area (Å²) in [6.45, 7) is 0.707. The Hall–Kier alpha value is -2.37. The van der Waals surface area contributed by atoms with E-state index >= 15 is 0 Å². The Balaban J connectivity index is 1.66. The van der Waals surface area contributed by atoms with E-state index in [0.29, 0.717) is 31.5 Å². The SMILES string of the molecule is O=C(O)C1CCCC(C(=O)Nc2cccc(N3CCCCC3=O)c2)C1. The van der Waals surface area contributed by atoms with Gasteiger partial charge in [-0.2, -0.15) is 0 Å². The molecule has 2 unspecified atom stereocenters. The fraction of sp³-hybridized carbons (Fsp3) is 0.526. The largest absolute Gasteiger partial charge is 0.481 e. The van der Waals surface area contributed by atoms with Crippen molar-refractivity contribution >= 4 is 29.2 Å². The first-order valence-electron chi connectivity index (χ1n) is 8.98. The Bertz CT molecular complexity index is 673. The van der Waals surface area contributed by atoms with Crippen LogP contribution in [0.25, 0.3) is 0 Å². The average Bonchev–Trinajstić information content (AvgIpc) is 2.62. The zero-order valence-corrected chi connectivity index (χ0v) is 14.2. The van der Waals surface area contributed by atoms with Gasteiger partial charge in [-0.05, 0) is 50.3 Å². The molecule has 0 bridgehead atoms. The molecule has 25 heavy (non-hydrogen) atoms. The lowest BCUT2D eigenvalue weighted by atomic mass is 9.81. The summed E-state index contributed by atoms with van der Waals surface area (Å²) in [4.78, 5) is 37.5. The number of carbonyl (C=O) groups excluding carboxylic acids is 2. The minimum absolute atomic E-state index is 0.117. The third-order valence-corrected chi connectivity index (χ3v) is 5.14. The smallest absolute Gasteiger partial charge is 0.306 e. The van der Waals surface area contributed by atoms with Gasteiger partial charge in [0.05, 0.1) is 5.92 Å². The number of anilines is 2. The number of rotatable bonds is 4. The van der Waals surface area contributed by atoms with Gasteiger partial charge in [-0.3, -0.25) is 14.4 Å². The van der Waals surface area contributed by atoms with Gasteiger partial charge in [-0.15, -0.1) is 0 Å². The lowest BCUT2D eigenvalue weighted by molar-refractivity contribution is -0.143. The van der Waals surface area contributed by atoms with Gasteiger partial charge in [0.2, 0.25) is 11.8 Å². The van der Waals surface area contributed by atoms with Crippen LogP contribution in [-0.2, 0) is 14.4 Å². The van der Waals surface area contributed by atoms with Crippen LogP contribution in [0.3, 0.4) is 0 Å². The highest BCUT2D eigenvalue weighted by Gasteiger charge is 2.31.